The van der Waals surface area contributed by atoms with Gasteiger partial charge >= 0.3 is 0 Å². The van der Waals surface area contributed by atoms with Crippen molar-refractivity contribution in [2.24, 2.45) is 0 Å². The van der Waals surface area contributed by atoms with Crippen LogP contribution < -0.4 is 4.99 Å². The summed E-state index contributed by atoms with van der Waals surface area (Å²) in [6.07, 6.45) is 6.32. The van der Waals surface area contributed by atoms with Gasteiger partial charge in [0, 0.05) is 38.9 Å². The second kappa shape index (κ2) is 6.23. The predicted octanol–water partition coefficient (Wildman–Crippen LogP) is 1.68. The first kappa shape index (κ1) is 15.3. The third-order valence-corrected chi connectivity index (χ3v) is 4.75. The van der Waals surface area contributed by atoms with Crippen molar-refractivity contribution in [1.82, 2.24) is 4.90 Å². The zero-order chi connectivity index (χ0) is 15.6. The molecule has 1 N–H and O–H groups in total. The number of amides is 1. The Labute approximate surface area is 133 Å². The smallest absolute Gasteiger partial charge is 0.233 e. The molecule has 2 aliphatic rings. The maximum Gasteiger partial charge on any atom is 0.233 e. The van der Waals surface area contributed by atoms with Gasteiger partial charge in [0.1, 0.15) is 6.42 Å². The average molecular weight is 299 g/mol. The molecule has 0 unspecified atom stereocenters. The molecule has 1 saturated heterocycles. The fraction of sp³-hybridized carbons (Fsp3) is 0.579. The number of hydrogen-bond acceptors (Lipinski definition) is 1. The van der Waals surface area contributed by atoms with Gasteiger partial charge in [-0.3, -0.25) is 4.79 Å². The Hall–Kier alpha value is -1.64. The zero-order valence-corrected chi connectivity index (χ0v) is 13.8. The summed E-state index contributed by atoms with van der Waals surface area (Å²) in [5.41, 5.74) is 3.69. The molecule has 0 atom stereocenters. The van der Waals surface area contributed by atoms with Gasteiger partial charge in [-0.2, -0.15) is 0 Å². The van der Waals surface area contributed by atoms with Crippen LogP contribution in [-0.4, -0.2) is 35.1 Å². The number of carbonyl (C=O) groups excluding carboxylic acids is 1. The van der Waals surface area contributed by atoms with Gasteiger partial charge < -0.3 is 4.90 Å². The lowest BCUT2D eigenvalue weighted by molar-refractivity contribution is -0.546. The molecular formula is C19H27N2O+. The second-order valence-corrected chi connectivity index (χ2v) is 7.29. The van der Waals surface area contributed by atoms with E-state index in [1.54, 1.807) is 0 Å². The minimum Gasteiger partial charge on any atom is -0.342 e. The third-order valence-electron chi connectivity index (χ3n) is 4.75. The summed E-state index contributed by atoms with van der Waals surface area (Å²) >= 11 is 0. The Balaban J connectivity index is 1.80. The Morgan fingerprint density at radius 2 is 1.82 bits per heavy atom. The van der Waals surface area contributed by atoms with Crippen LogP contribution in [0.5, 0.6) is 0 Å². The van der Waals surface area contributed by atoms with Gasteiger partial charge in [-0.1, -0.05) is 31.0 Å². The summed E-state index contributed by atoms with van der Waals surface area (Å²) in [7, 11) is 0. The van der Waals surface area contributed by atoms with Crippen LogP contribution in [-0.2, 0) is 11.2 Å². The molecule has 1 aromatic carbocycles. The highest BCUT2D eigenvalue weighted by molar-refractivity contribution is 6.08. The van der Waals surface area contributed by atoms with Crippen molar-refractivity contribution < 1.29 is 9.79 Å². The van der Waals surface area contributed by atoms with Gasteiger partial charge in [-0.25, -0.2) is 4.99 Å². The van der Waals surface area contributed by atoms with Crippen molar-refractivity contribution in [3.8, 4) is 0 Å². The molecule has 3 nitrogen and oxygen atoms in total. The van der Waals surface area contributed by atoms with E-state index >= 15 is 0 Å². The summed E-state index contributed by atoms with van der Waals surface area (Å²) in [6, 6.07) is 8.49. The molecule has 0 aromatic heterocycles. The summed E-state index contributed by atoms with van der Waals surface area (Å²) in [5.74, 6) is 0.275. The minimum absolute atomic E-state index is 0.0166. The molecular weight excluding hydrogens is 272 g/mol. The largest absolute Gasteiger partial charge is 0.342 e. The van der Waals surface area contributed by atoms with Crippen molar-refractivity contribution in [3.05, 3.63) is 35.4 Å². The number of nitrogens with one attached hydrogen (secondary N) is 1. The maximum absolute atomic E-state index is 12.7. The number of nitrogens with zero attached hydrogens (tertiary/aromatic N) is 1. The molecule has 2 heterocycles. The van der Waals surface area contributed by atoms with Gasteiger partial charge in [-0.05, 0) is 24.5 Å². The van der Waals surface area contributed by atoms with E-state index in [1.165, 1.54) is 24.0 Å². The molecule has 22 heavy (non-hydrogen) atoms. The van der Waals surface area contributed by atoms with E-state index in [-0.39, 0.29) is 11.4 Å². The lowest BCUT2D eigenvalue weighted by Crippen LogP contribution is -2.88. The maximum atomic E-state index is 12.7. The van der Waals surface area contributed by atoms with Crippen molar-refractivity contribution in [3.63, 3.8) is 0 Å². The molecule has 1 fully saturated rings. The molecule has 1 amide bonds. The molecule has 118 valence electrons. The fourth-order valence-corrected chi connectivity index (χ4v) is 3.69. The molecule has 3 rings (SSSR count). The molecule has 0 spiro atoms. The average Bonchev–Trinajstić information content (AvgIpc) is 2.75. The van der Waals surface area contributed by atoms with Crippen LogP contribution in [0.15, 0.2) is 24.3 Å². The van der Waals surface area contributed by atoms with Crippen LogP contribution >= 0.6 is 0 Å². The lowest BCUT2D eigenvalue weighted by Gasteiger charge is -2.25. The fourth-order valence-electron chi connectivity index (χ4n) is 3.69. The highest BCUT2D eigenvalue weighted by Gasteiger charge is 2.34. The van der Waals surface area contributed by atoms with E-state index in [1.807, 2.05) is 0 Å². The van der Waals surface area contributed by atoms with E-state index in [0.717, 1.165) is 38.1 Å². The topological polar surface area (TPSA) is 34.3 Å². The van der Waals surface area contributed by atoms with E-state index in [9.17, 15) is 4.79 Å². The molecule has 1 aromatic rings. The number of carbonyl (C=O) groups is 1. The van der Waals surface area contributed by atoms with Crippen molar-refractivity contribution in [1.29, 1.82) is 0 Å². The molecule has 0 aliphatic carbocycles. The third kappa shape index (κ3) is 3.40. The summed E-state index contributed by atoms with van der Waals surface area (Å²) < 4.78 is 0. The quantitative estimate of drug-likeness (QED) is 0.886. The summed E-state index contributed by atoms with van der Waals surface area (Å²) in [6.45, 7) is 6.27. The number of hydrogen-bond donors (Lipinski definition) is 1. The van der Waals surface area contributed by atoms with E-state index < -0.39 is 0 Å². The van der Waals surface area contributed by atoms with E-state index in [4.69, 9.17) is 0 Å². The molecule has 0 radical (unpaired) electrons. The Morgan fingerprint density at radius 1 is 1.14 bits per heavy atom. The molecule has 0 bridgehead atoms. The first-order valence-corrected chi connectivity index (χ1v) is 8.55. The highest BCUT2D eigenvalue weighted by atomic mass is 16.2. The van der Waals surface area contributed by atoms with Crippen molar-refractivity contribution in [2.75, 3.05) is 13.1 Å². The highest BCUT2D eigenvalue weighted by Crippen LogP contribution is 2.19. The first-order chi connectivity index (χ1) is 10.6. The Kier molecular flexibility index (Phi) is 4.32. The van der Waals surface area contributed by atoms with Gasteiger partial charge in [0.2, 0.25) is 5.91 Å². The monoisotopic (exact) mass is 299 g/mol. The zero-order valence-electron chi connectivity index (χ0n) is 13.8. The molecule has 0 saturated carbocycles. The number of benzene rings is 1. The van der Waals surface area contributed by atoms with Crippen LogP contribution in [0.25, 0.3) is 0 Å². The second-order valence-electron chi connectivity index (χ2n) is 7.29. The van der Waals surface area contributed by atoms with Crippen molar-refractivity contribution >= 4 is 11.6 Å². The van der Waals surface area contributed by atoms with Gasteiger partial charge in [0.05, 0.1) is 0 Å². The van der Waals surface area contributed by atoms with Crippen LogP contribution in [0.3, 0.4) is 0 Å². The Morgan fingerprint density at radius 3 is 2.55 bits per heavy atom. The molecule has 3 heteroatoms. The number of rotatable bonds is 2. The number of likely N-dealkylation sites (tertiary alicyclic amines) is 1. The molecule has 2 aliphatic heterocycles. The first-order valence-electron chi connectivity index (χ1n) is 8.55. The van der Waals surface area contributed by atoms with E-state index in [2.05, 4.69) is 48.0 Å². The van der Waals surface area contributed by atoms with Gasteiger partial charge in [0.15, 0.2) is 11.3 Å². The minimum atomic E-state index is 0.0166. The standard InChI is InChI=1S/C19H26N2O/c1-19(2)14-15-9-5-6-10-16(15)17(20-19)13-18(22)21-11-7-3-4-8-12-21/h5-6,9-10H,3-4,7-8,11-14H2,1-2H3/p+1. The van der Waals surface area contributed by atoms with Crippen LogP contribution in [0.4, 0.5) is 0 Å². The summed E-state index contributed by atoms with van der Waals surface area (Å²) in [4.78, 5) is 18.4. The van der Waals surface area contributed by atoms with Gasteiger partial charge in [-0.15, -0.1) is 0 Å². The number of fused-ring (bicyclic) bond motifs is 1. The van der Waals surface area contributed by atoms with Crippen LogP contribution in [0.1, 0.15) is 57.1 Å². The van der Waals surface area contributed by atoms with Crippen LogP contribution in [0.2, 0.25) is 0 Å². The van der Waals surface area contributed by atoms with Crippen molar-refractivity contribution in [2.45, 2.75) is 57.9 Å². The predicted molar refractivity (Wildman–Crippen MR) is 89.0 cm³/mol. The summed E-state index contributed by atoms with van der Waals surface area (Å²) in [5, 5.41) is 0. The normalized spacial score (nSPS) is 20.8. The lowest BCUT2D eigenvalue weighted by atomic mass is 9.86. The van der Waals surface area contributed by atoms with Crippen LogP contribution in [0, 0.1) is 0 Å². The Bertz CT molecular complexity index is 581. The van der Waals surface area contributed by atoms with E-state index in [0.29, 0.717) is 6.42 Å². The SMILES string of the molecule is CC1(C)Cc2ccccc2C(CC(=O)N2CCCCCC2)=[NH+]1. The van der Waals surface area contributed by atoms with Gasteiger partial charge in [0.25, 0.3) is 0 Å².